The third-order valence-electron chi connectivity index (χ3n) is 3.87. The number of hydrogen-bond donors (Lipinski definition) is 0. The first-order valence-electron chi connectivity index (χ1n) is 8.19. The summed E-state index contributed by atoms with van der Waals surface area (Å²) in [5.41, 5.74) is 2.12. The van der Waals surface area contributed by atoms with Gasteiger partial charge in [0, 0.05) is 19.2 Å². The molecule has 0 fully saturated rings. The van der Waals surface area contributed by atoms with Crippen molar-refractivity contribution in [3.8, 4) is 0 Å². The Balaban J connectivity index is 1.58. The van der Waals surface area contributed by atoms with E-state index in [2.05, 4.69) is 17.1 Å². The van der Waals surface area contributed by atoms with Gasteiger partial charge in [-0.1, -0.05) is 64.9 Å². The number of thioether (sulfide) groups is 1. The summed E-state index contributed by atoms with van der Waals surface area (Å²) in [4.78, 5) is 17.1. The molecule has 0 aliphatic carbocycles. The van der Waals surface area contributed by atoms with Gasteiger partial charge >= 0.3 is 0 Å². The van der Waals surface area contributed by atoms with E-state index in [1.807, 2.05) is 47.6 Å². The minimum Gasteiger partial charge on any atom is -0.318 e. The average molecular weight is 425 g/mol. The van der Waals surface area contributed by atoms with E-state index < -0.39 is 0 Å². The van der Waals surface area contributed by atoms with Crippen LogP contribution < -0.4 is 4.80 Å². The highest BCUT2D eigenvalue weighted by molar-refractivity contribution is 7.98. The number of nitrogens with zero attached hydrogens (tertiary/aromatic N) is 2. The van der Waals surface area contributed by atoms with Crippen LogP contribution in [-0.2, 0) is 17.6 Å². The summed E-state index contributed by atoms with van der Waals surface area (Å²) < 4.78 is 2.79. The van der Waals surface area contributed by atoms with Crippen LogP contribution in [0.1, 0.15) is 18.4 Å². The Morgan fingerprint density at radius 3 is 2.73 bits per heavy atom. The molecule has 1 heterocycles. The SMILES string of the molecule is Cn1c(=NC(=O)CCCSCc2ccccc2)sc2ccc(Cl)c(Cl)c21. The number of amides is 1. The topological polar surface area (TPSA) is 34.4 Å². The number of aryl methyl sites for hydroxylation is 1. The Labute approximate surface area is 170 Å². The van der Waals surface area contributed by atoms with Gasteiger partial charge in [0.2, 0.25) is 5.91 Å². The number of halogens is 2. The number of fused-ring (bicyclic) bond motifs is 1. The molecule has 3 aromatic rings. The Morgan fingerprint density at radius 1 is 1.19 bits per heavy atom. The largest absolute Gasteiger partial charge is 0.318 e. The van der Waals surface area contributed by atoms with Crippen molar-refractivity contribution >= 4 is 62.4 Å². The Morgan fingerprint density at radius 2 is 1.96 bits per heavy atom. The standard InChI is InChI=1S/C19H18Cl2N2OS2/c1-23-18-15(10-9-14(20)17(18)21)26-19(23)22-16(24)8-5-11-25-12-13-6-3-2-4-7-13/h2-4,6-7,9-10H,5,8,11-12H2,1H3. The molecule has 26 heavy (non-hydrogen) atoms. The smallest absolute Gasteiger partial charge is 0.248 e. The molecule has 3 rings (SSSR count). The molecule has 2 aromatic carbocycles. The van der Waals surface area contributed by atoms with Crippen molar-refractivity contribution < 1.29 is 4.79 Å². The molecular weight excluding hydrogens is 407 g/mol. The number of carbonyl (C=O) groups is 1. The maximum atomic E-state index is 12.2. The molecule has 1 aromatic heterocycles. The molecule has 7 heteroatoms. The molecule has 0 radical (unpaired) electrons. The van der Waals surface area contributed by atoms with Crippen LogP contribution in [-0.4, -0.2) is 16.2 Å². The molecule has 136 valence electrons. The summed E-state index contributed by atoms with van der Waals surface area (Å²) in [6.45, 7) is 0. The Hall–Kier alpha value is -1.27. The first-order chi connectivity index (χ1) is 12.6. The molecule has 0 spiro atoms. The molecule has 0 N–H and O–H groups in total. The fraction of sp³-hybridized carbons (Fsp3) is 0.263. The van der Waals surface area contributed by atoms with Crippen molar-refractivity contribution in [1.82, 2.24) is 4.57 Å². The van der Waals surface area contributed by atoms with Gasteiger partial charge in [-0.2, -0.15) is 16.8 Å². The Bertz CT molecular complexity index is 980. The highest BCUT2D eigenvalue weighted by Gasteiger charge is 2.11. The summed E-state index contributed by atoms with van der Waals surface area (Å²) in [5.74, 6) is 1.81. The number of hydrogen-bond acceptors (Lipinski definition) is 3. The average Bonchev–Trinajstić information content (AvgIpc) is 2.95. The predicted octanol–water partition coefficient (Wildman–Crippen LogP) is 5.69. The van der Waals surface area contributed by atoms with Crippen molar-refractivity contribution in [3.05, 3.63) is 62.9 Å². The van der Waals surface area contributed by atoms with Crippen LogP contribution in [0.2, 0.25) is 10.0 Å². The molecule has 0 unspecified atom stereocenters. The van der Waals surface area contributed by atoms with E-state index in [9.17, 15) is 4.79 Å². The lowest BCUT2D eigenvalue weighted by atomic mass is 10.2. The van der Waals surface area contributed by atoms with Crippen LogP contribution >= 0.6 is 46.3 Å². The van der Waals surface area contributed by atoms with E-state index >= 15 is 0 Å². The van der Waals surface area contributed by atoms with Crippen LogP contribution in [0.3, 0.4) is 0 Å². The van der Waals surface area contributed by atoms with Gasteiger partial charge < -0.3 is 4.57 Å². The molecule has 3 nitrogen and oxygen atoms in total. The van der Waals surface area contributed by atoms with Gasteiger partial charge in [0.15, 0.2) is 4.80 Å². The van der Waals surface area contributed by atoms with E-state index in [1.54, 1.807) is 6.07 Å². The van der Waals surface area contributed by atoms with Gasteiger partial charge in [-0.15, -0.1) is 0 Å². The summed E-state index contributed by atoms with van der Waals surface area (Å²) >= 11 is 15.6. The van der Waals surface area contributed by atoms with E-state index in [0.717, 1.165) is 28.1 Å². The van der Waals surface area contributed by atoms with Crippen LogP contribution in [0.15, 0.2) is 47.5 Å². The lowest BCUT2D eigenvalue weighted by Gasteiger charge is -2.01. The predicted molar refractivity (Wildman–Crippen MR) is 113 cm³/mol. The van der Waals surface area contributed by atoms with Crippen molar-refractivity contribution in [2.24, 2.45) is 12.0 Å². The zero-order chi connectivity index (χ0) is 18.5. The van der Waals surface area contributed by atoms with Crippen LogP contribution in [0.25, 0.3) is 10.2 Å². The third-order valence-corrected chi connectivity index (χ3v) is 6.87. The number of benzene rings is 2. The summed E-state index contributed by atoms with van der Waals surface area (Å²) in [5, 5.41) is 0.995. The Kier molecular flexibility index (Phi) is 6.81. The highest BCUT2D eigenvalue weighted by atomic mass is 35.5. The van der Waals surface area contributed by atoms with Gasteiger partial charge in [0.05, 0.1) is 20.3 Å². The van der Waals surface area contributed by atoms with Crippen molar-refractivity contribution in [2.75, 3.05) is 5.75 Å². The summed E-state index contributed by atoms with van der Waals surface area (Å²) in [7, 11) is 1.85. The zero-order valence-corrected chi connectivity index (χ0v) is 17.4. The van der Waals surface area contributed by atoms with E-state index in [1.165, 1.54) is 16.9 Å². The second-order valence-corrected chi connectivity index (χ2v) is 8.70. The fourth-order valence-electron chi connectivity index (χ4n) is 2.53. The zero-order valence-electron chi connectivity index (χ0n) is 14.2. The van der Waals surface area contributed by atoms with Gasteiger partial charge in [-0.3, -0.25) is 4.79 Å². The molecule has 0 atom stereocenters. The minimum atomic E-state index is -0.102. The van der Waals surface area contributed by atoms with Crippen LogP contribution in [0.4, 0.5) is 0 Å². The molecule has 0 saturated carbocycles. The lowest BCUT2D eigenvalue weighted by Crippen LogP contribution is -2.13. The molecule has 0 aliphatic heterocycles. The number of rotatable bonds is 6. The van der Waals surface area contributed by atoms with E-state index in [0.29, 0.717) is 21.3 Å². The lowest BCUT2D eigenvalue weighted by molar-refractivity contribution is -0.118. The molecular formula is C19H18Cl2N2OS2. The monoisotopic (exact) mass is 424 g/mol. The van der Waals surface area contributed by atoms with Gasteiger partial charge in [-0.05, 0) is 29.9 Å². The van der Waals surface area contributed by atoms with Crippen molar-refractivity contribution in [1.29, 1.82) is 0 Å². The van der Waals surface area contributed by atoms with Crippen molar-refractivity contribution in [3.63, 3.8) is 0 Å². The van der Waals surface area contributed by atoms with Gasteiger partial charge in [-0.25, -0.2) is 0 Å². The highest BCUT2D eigenvalue weighted by Crippen LogP contribution is 2.31. The number of thiazole rings is 1. The second kappa shape index (κ2) is 9.09. The third kappa shape index (κ3) is 4.71. The maximum Gasteiger partial charge on any atom is 0.248 e. The molecule has 0 saturated heterocycles. The number of aromatic nitrogens is 1. The first-order valence-corrected chi connectivity index (χ1v) is 10.9. The first kappa shape index (κ1) is 19.5. The van der Waals surface area contributed by atoms with Crippen molar-refractivity contribution in [2.45, 2.75) is 18.6 Å². The van der Waals surface area contributed by atoms with Crippen LogP contribution in [0.5, 0.6) is 0 Å². The summed E-state index contributed by atoms with van der Waals surface area (Å²) in [6.07, 6.45) is 1.27. The van der Waals surface area contributed by atoms with Crippen LogP contribution in [0, 0.1) is 0 Å². The number of carbonyl (C=O) groups excluding carboxylic acids is 1. The van der Waals surface area contributed by atoms with Gasteiger partial charge in [0.1, 0.15) is 0 Å². The summed E-state index contributed by atoms with van der Waals surface area (Å²) in [6, 6.07) is 14.0. The maximum absolute atomic E-state index is 12.2. The minimum absolute atomic E-state index is 0.102. The molecule has 0 bridgehead atoms. The molecule has 1 amide bonds. The second-order valence-electron chi connectivity index (χ2n) is 5.80. The quantitative estimate of drug-likeness (QED) is 0.476. The molecule has 0 aliphatic rings. The van der Waals surface area contributed by atoms with E-state index in [4.69, 9.17) is 23.2 Å². The normalized spacial score (nSPS) is 12.0. The fourth-order valence-corrected chi connectivity index (χ4v) is 4.99. The van der Waals surface area contributed by atoms with E-state index in [-0.39, 0.29) is 5.91 Å². The van der Waals surface area contributed by atoms with Gasteiger partial charge in [0.25, 0.3) is 0 Å².